The maximum Gasteiger partial charge on any atom is 0.313 e. The monoisotopic (exact) mass is 216 g/mol. The maximum atomic E-state index is 11.4. The van der Waals surface area contributed by atoms with Crippen LogP contribution in [0.3, 0.4) is 0 Å². The van der Waals surface area contributed by atoms with Crippen LogP contribution in [-0.4, -0.2) is 28.6 Å². The lowest BCUT2D eigenvalue weighted by molar-refractivity contribution is -0.157. The van der Waals surface area contributed by atoms with E-state index in [0.717, 1.165) is 0 Å². The van der Waals surface area contributed by atoms with Crippen LogP contribution in [0, 0.1) is 5.92 Å². The van der Waals surface area contributed by atoms with Crippen LogP contribution in [0.1, 0.15) is 41.0 Å². The Kier molecular flexibility index (Phi) is 4.94. The number of ketones is 1. The third-order valence-electron chi connectivity index (χ3n) is 1.97. The fourth-order valence-electron chi connectivity index (χ4n) is 0.950. The average Bonchev–Trinajstić information content (AvgIpc) is 1.98. The molecule has 0 bridgehead atoms. The van der Waals surface area contributed by atoms with Crippen LogP contribution in [0.4, 0.5) is 0 Å². The van der Waals surface area contributed by atoms with Crippen LogP contribution in [0.15, 0.2) is 0 Å². The molecule has 0 radical (unpaired) electrons. The number of ether oxygens (including phenoxy) is 1. The summed E-state index contributed by atoms with van der Waals surface area (Å²) in [6.45, 7) is 8.35. The van der Waals surface area contributed by atoms with Gasteiger partial charge in [-0.1, -0.05) is 6.92 Å². The smallest absolute Gasteiger partial charge is 0.313 e. The van der Waals surface area contributed by atoms with E-state index in [1.54, 1.807) is 27.7 Å². The minimum atomic E-state index is -0.736. The predicted octanol–water partition coefficient (Wildman–Crippen LogP) is 1.30. The fraction of sp³-hybridized carbons (Fsp3) is 0.818. The van der Waals surface area contributed by atoms with Gasteiger partial charge in [0.1, 0.15) is 17.8 Å². The summed E-state index contributed by atoms with van der Waals surface area (Å²) in [6.07, 6.45) is -1.01. The molecule has 2 atom stereocenters. The van der Waals surface area contributed by atoms with Crippen molar-refractivity contribution in [1.82, 2.24) is 0 Å². The zero-order valence-electron chi connectivity index (χ0n) is 10.0. The first-order chi connectivity index (χ1) is 6.63. The molecule has 0 aromatic heterocycles. The van der Waals surface area contributed by atoms with Crippen molar-refractivity contribution < 1.29 is 19.4 Å². The van der Waals surface area contributed by atoms with Gasteiger partial charge >= 0.3 is 5.97 Å². The van der Waals surface area contributed by atoms with Crippen LogP contribution < -0.4 is 0 Å². The zero-order valence-corrected chi connectivity index (χ0v) is 10.0. The number of hydrogen-bond acceptors (Lipinski definition) is 4. The fourth-order valence-corrected chi connectivity index (χ4v) is 0.950. The molecule has 0 saturated heterocycles. The first-order valence-corrected chi connectivity index (χ1v) is 5.06. The number of hydrogen-bond donors (Lipinski definition) is 1. The second-order valence-electron chi connectivity index (χ2n) is 4.76. The molecule has 0 rings (SSSR count). The van der Waals surface area contributed by atoms with E-state index in [1.807, 2.05) is 0 Å². The summed E-state index contributed by atoms with van der Waals surface area (Å²) < 4.78 is 5.00. The first-order valence-electron chi connectivity index (χ1n) is 5.06. The number of esters is 1. The molecule has 88 valence electrons. The Labute approximate surface area is 90.6 Å². The lowest BCUT2D eigenvalue weighted by Crippen LogP contribution is -2.29. The van der Waals surface area contributed by atoms with Crippen LogP contribution in [0.25, 0.3) is 0 Å². The van der Waals surface area contributed by atoms with Gasteiger partial charge in [0.05, 0.1) is 6.10 Å². The number of carbonyl (C=O) groups is 2. The Bertz CT molecular complexity index is 237. The third kappa shape index (κ3) is 6.23. The minimum absolute atomic E-state index is 0.274. The Morgan fingerprint density at radius 1 is 1.27 bits per heavy atom. The molecule has 1 N–H and O–H groups in total. The number of aliphatic hydroxyl groups is 1. The Morgan fingerprint density at radius 2 is 1.73 bits per heavy atom. The van der Waals surface area contributed by atoms with Crippen LogP contribution in [-0.2, 0) is 14.3 Å². The number of carbonyl (C=O) groups excluding carboxylic acids is 2. The van der Waals surface area contributed by atoms with Gasteiger partial charge in [0, 0.05) is 5.92 Å². The summed E-state index contributed by atoms with van der Waals surface area (Å²) in [5.74, 6) is -1.36. The molecule has 4 heteroatoms. The number of rotatable bonds is 4. The summed E-state index contributed by atoms with van der Waals surface area (Å²) in [7, 11) is 0. The van der Waals surface area contributed by atoms with E-state index in [-0.39, 0.29) is 12.2 Å². The van der Waals surface area contributed by atoms with Crippen LogP contribution in [0.5, 0.6) is 0 Å². The highest BCUT2D eigenvalue weighted by molar-refractivity contribution is 5.96. The average molecular weight is 216 g/mol. The van der Waals surface area contributed by atoms with Gasteiger partial charge in [0.25, 0.3) is 0 Å². The second-order valence-corrected chi connectivity index (χ2v) is 4.76. The van der Waals surface area contributed by atoms with E-state index >= 15 is 0 Å². The molecule has 4 nitrogen and oxygen atoms in total. The summed E-state index contributed by atoms with van der Waals surface area (Å²) in [6, 6.07) is 0. The van der Waals surface area contributed by atoms with Crippen LogP contribution in [0.2, 0.25) is 0 Å². The molecule has 0 aliphatic carbocycles. The Balaban J connectivity index is 4.14. The molecule has 0 spiro atoms. The van der Waals surface area contributed by atoms with Crippen molar-refractivity contribution in [3.8, 4) is 0 Å². The van der Waals surface area contributed by atoms with E-state index < -0.39 is 23.6 Å². The van der Waals surface area contributed by atoms with Crippen molar-refractivity contribution in [2.75, 3.05) is 0 Å². The molecule has 0 aliphatic heterocycles. The van der Waals surface area contributed by atoms with Crippen molar-refractivity contribution in [2.24, 2.45) is 5.92 Å². The first kappa shape index (κ1) is 14.1. The van der Waals surface area contributed by atoms with Gasteiger partial charge in [-0.25, -0.2) is 0 Å². The molecular formula is C11H20O4. The Morgan fingerprint density at radius 3 is 2.07 bits per heavy atom. The van der Waals surface area contributed by atoms with Gasteiger partial charge in [-0.3, -0.25) is 9.59 Å². The molecule has 0 amide bonds. The maximum absolute atomic E-state index is 11.4. The van der Waals surface area contributed by atoms with Gasteiger partial charge in [-0.15, -0.1) is 0 Å². The summed E-state index contributed by atoms with van der Waals surface area (Å²) in [5.41, 5.74) is -0.578. The number of Topliss-reactive ketones (excluding diaryl/α,β-unsaturated/α-hetero) is 1. The van der Waals surface area contributed by atoms with Gasteiger partial charge < -0.3 is 9.84 Å². The van der Waals surface area contributed by atoms with Gasteiger partial charge in [0.15, 0.2) is 0 Å². The van der Waals surface area contributed by atoms with Gasteiger partial charge in [-0.2, -0.15) is 0 Å². The van der Waals surface area contributed by atoms with E-state index in [2.05, 4.69) is 0 Å². The van der Waals surface area contributed by atoms with Crippen molar-refractivity contribution in [3.05, 3.63) is 0 Å². The quantitative estimate of drug-likeness (QED) is 0.568. The molecule has 0 fully saturated rings. The third-order valence-corrected chi connectivity index (χ3v) is 1.97. The molecule has 0 aromatic carbocycles. The summed E-state index contributed by atoms with van der Waals surface area (Å²) in [4.78, 5) is 22.7. The second kappa shape index (κ2) is 5.26. The Hall–Kier alpha value is -0.900. The zero-order chi connectivity index (χ0) is 12.2. The van der Waals surface area contributed by atoms with E-state index in [1.165, 1.54) is 6.92 Å². The van der Waals surface area contributed by atoms with Crippen LogP contribution >= 0.6 is 0 Å². The molecular weight excluding hydrogens is 196 g/mol. The highest BCUT2D eigenvalue weighted by Crippen LogP contribution is 2.11. The normalized spacial score (nSPS) is 15.6. The topological polar surface area (TPSA) is 63.6 Å². The molecule has 0 aliphatic rings. The van der Waals surface area contributed by atoms with Crippen molar-refractivity contribution >= 4 is 11.8 Å². The molecule has 0 heterocycles. The largest absolute Gasteiger partial charge is 0.460 e. The predicted molar refractivity (Wildman–Crippen MR) is 56.3 cm³/mol. The van der Waals surface area contributed by atoms with E-state index in [9.17, 15) is 9.59 Å². The SMILES string of the molecule is C[C@H](O)[C@H](C)C(=O)CC(=O)OC(C)(C)C. The lowest BCUT2D eigenvalue weighted by atomic mass is 9.99. The minimum Gasteiger partial charge on any atom is -0.460 e. The molecule has 0 unspecified atom stereocenters. The van der Waals surface area contributed by atoms with E-state index in [4.69, 9.17) is 9.84 Å². The van der Waals surface area contributed by atoms with E-state index in [0.29, 0.717) is 0 Å². The summed E-state index contributed by atoms with van der Waals surface area (Å²) in [5, 5.41) is 9.16. The standard InChI is InChI=1S/C11H20O4/c1-7(8(2)12)9(13)6-10(14)15-11(3,4)5/h7-8,12H,6H2,1-5H3/t7-,8-/m0/s1. The molecule has 0 aromatic rings. The lowest BCUT2D eigenvalue weighted by Gasteiger charge is -2.20. The highest BCUT2D eigenvalue weighted by Gasteiger charge is 2.24. The number of aliphatic hydroxyl groups excluding tert-OH is 1. The van der Waals surface area contributed by atoms with Gasteiger partial charge in [0.2, 0.25) is 0 Å². The summed E-state index contributed by atoms with van der Waals surface area (Å²) >= 11 is 0. The van der Waals surface area contributed by atoms with Crippen molar-refractivity contribution in [3.63, 3.8) is 0 Å². The highest BCUT2D eigenvalue weighted by atomic mass is 16.6. The molecule has 15 heavy (non-hydrogen) atoms. The molecule has 0 saturated carbocycles. The van der Waals surface area contributed by atoms with Gasteiger partial charge in [-0.05, 0) is 27.7 Å². The van der Waals surface area contributed by atoms with Crippen molar-refractivity contribution in [2.45, 2.75) is 52.7 Å². The van der Waals surface area contributed by atoms with Crippen molar-refractivity contribution in [1.29, 1.82) is 0 Å².